The fraction of sp³-hybridized carbons (Fsp3) is 0.160. The Morgan fingerprint density at radius 1 is 0.963 bits per heavy atom. The van der Waals surface area contributed by atoms with Crippen LogP contribution in [0, 0.1) is 12.7 Å². The number of unbranched alkanes of at least 4 members (excludes halogenated alkanes) is 1. The summed E-state index contributed by atoms with van der Waals surface area (Å²) in [4.78, 5) is 4.52. The van der Waals surface area contributed by atoms with Gasteiger partial charge in [0.05, 0.1) is 5.69 Å². The van der Waals surface area contributed by atoms with Crippen LogP contribution < -0.4 is 0 Å². The van der Waals surface area contributed by atoms with E-state index in [1.807, 2.05) is 55.6 Å². The van der Waals surface area contributed by atoms with E-state index in [0.717, 1.165) is 41.6 Å². The molecule has 0 aliphatic rings. The molecule has 136 valence electrons. The molecule has 0 aliphatic carbocycles. The van der Waals surface area contributed by atoms with Crippen LogP contribution in [-0.4, -0.2) is 6.21 Å². The number of hydrogen-bond donors (Lipinski definition) is 0. The van der Waals surface area contributed by atoms with Crippen molar-refractivity contribution in [3.8, 4) is 11.1 Å². The van der Waals surface area contributed by atoms with Gasteiger partial charge >= 0.3 is 0 Å². The molecule has 27 heavy (non-hydrogen) atoms. The second-order valence-electron chi connectivity index (χ2n) is 6.71. The highest BCUT2D eigenvalue weighted by Crippen LogP contribution is 2.25. The maximum Gasteiger partial charge on any atom is 0.131 e. The van der Waals surface area contributed by atoms with Gasteiger partial charge in [-0.25, -0.2) is 4.39 Å². The monoisotopic (exact) mass is 357 g/mol. The SMILES string of the molecule is C=CCCCc1ccc(C=Nc2ccc(-c3ccc(C)cc3F)cc2)cc1. The summed E-state index contributed by atoms with van der Waals surface area (Å²) < 4.78 is 14.1. The van der Waals surface area contributed by atoms with Gasteiger partial charge < -0.3 is 0 Å². The van der Waals surface area contributed by atoms with E-state index in [1.54, 1.807) is 6.07 Å². The first kappa shape index (κ1) is 18.8. The number of rotatable bonds is 7. The molecule has 0 aromatic heterocycles. The molecule has 3 aromatic rings. The molecule has 0 bridgehead atoms. The van der Waals surface area contributed by atoms with E-state index in [9.17, 15) is 4.39 Å². The number of aliphatic imine (C=N–C) groups is 1. The highest BCUT2D eigenvalue weighted by molar-refractivity contribution is 5.82. The molecular formula is C25H24FN. The minimum absolute atomic E-state index is 0.195. The van der Waals surface area contributed by atoms with Crippen LogP contribution >= 0.6 is 0 Å². The van der Waals surface area contributed by atoms with Gasteiger partial charge in [-0.3, -0.25) is 4.99 Å². The first-order chi connectivity index (χ1) is 13.2. The lowest BCUT2D eigenvalue weighted by molar-refractivity contribution is 0.630. The number of aryl methyl sites for hydroxylation is 2. The third-order valence-corrected chi connectivity index (χ3v) is 4.52. The Kier molecular flexibility index (Phi) is 6.32. The van der Waals surface area contributed by atoms with E-state index in [4.69, 9.17) is 0 Å². The fourth-order valence-electron chi connectivity index (χ4n) is 2.95. The number of hydrogen-bond acceptors (Lipinski definition) is 1. The highest BCUT2D eigenvalue weighted by Gasteiger charge is 2.04. The molecule has 0 saturated heterocycles. The number of benzene rings is 3. The molecule has 0 aliphatic heterocycles. The van der Waals surface area contributed by atoms with E-state index in [2.05, 4.69) is 35.8 Å². The van der Waals surface area contributed by atoms with E-state index in [1.165, 1.54) is 5.56 Å². The maximum atomic E-state index is 14.1. The molecule has 0 amide bonds. The van der Waals surface area contributed by atoms with Crippen LogP contribution in [0.1, 0.15) is 29.5 Å². The van der Waals surface area contributed by atoms with Crippen LogP contribution in [0.25, 0.3) is 11.1 Å². The van der Waals surface area contributed by atoms with Gasteiger partial charge in [0.25, 0.3) is 0 Å². The smallest absolute Gasteiger partial charge is 0.131 e. The molecule has 0 fully saturated rings. The molecule has 0 saturated carbocycles. The van der Waals surface area contributed by atoms with Crippen LogP contribution in [0.3, 0.4) is 0 Å². The maximum absolute atomic E-state index is 14.1. The predicted octanol–water partition coefficient (Wildman–Crippen LogP) is 7.06. The molecule has 1 nitrogen and oxygen atoms in total. The van der Waals surface area contributed by atoms with E-state index < -0.39 is 0 Å². The molecule has 0 spiro atoms. The molecule has 0 heterocycles. The summed E-state index contributed by atoms with van der Waals surface area (Å²) in [5.41, 5.74) is 5.64. The van der Waals surface area contributed by atoms with Gasteiger partial charge in [-0.1, -0.05) is 54.6 Å². The Hall–Kier alpha value is -3.00. The highest BCUT2D eigenvalue weighted by atomic mass is 19.1. The molecule has 3 rings (SSSR count). The molecule has 0 radical (unpaired) electrons. The minimum atomic E-state index is -0.195. The second kappa shape index (κ2) is 9.09. The molecular weight excluding hydrogens is 333 g/mol. The molecule has 0 unspecified atom stereocenters. The van der Waals surface area contributed by atoms with Crippen LogP contribution in [0.15, 0.2) is 84.4 Å². The summed E-state index contributed by atoms with van der Waals surface area (Å²) in [6.07, 6.45) is 7.06. The predicted molar refractivity (Wildman–Crippen MR) is 113 cm³/mol. The van der Waals surface area contributed by atoms with Gasteiger partial charge in [0, 0.05) is 11.8 Å². The molecule has 0 atom stereocenters. The Morgan fingerprint density at radius 3 is 2.37 bits per heavy atom. The standard InChI is InChI=1S/C25H24FN/c1-3-4-5-6-20-8-10-21(11-9-20)18-27-23-14-12-22(13-15-23)24-16-7-19(2)17-25(24)26/h3,7-18H,1,4-6H2,2H3. The zero-order valence-corrected chi connectivity index (χ0v) is 15.7. The largest absolute Gasteiger partial charge is 0.256 e. The van der Waals surface area contributed by atoms with Crippen molar-refractivity contribution in [1.82, 2.24) is 0 Å². The van der Waals surface area contributed by atoms with Crippen molar-refractivity contribution in [3.05, 3.63) is 102 Å². The summed E-state index contributed by atoms with van der Waals surface area (Å²) in [5, 5.41) is 0. The van der Waals surface area contributed by atoms with Crippen molar-refractivity contribution >= 4 is 11.9 Å². The third kappa shape index (κ3) is 5.24. The summed E-state index contributed by atoms with van der Waals surface area (Å²) in [6.45, 7) is 5.64. The van der Waals surface area contributed by atoms with Crippen molar-refractivity contribution < 1.29 is 4.39 Å². The number of allylic oxidation sites excluding steroid dienone is 1. The van der Waals surface area contributed by atoms with E-state index >= 15 is 0 Å². The average molecular weight is 357 g/mol. The van der Waals surface area contributed by atoms with Gasteiger partial charge in [-0.05, 0) is 66.6 Å². The van der Waals surface area contributed by atoms with Gasteiger partial charge in [0.1, 0.15) is 5.82 Å². The zero-order valence-electron chi connectivity index (χ0n) is 15.7. The van der Waals surface area contributed by atoms with Crippen LogP contribution in [-0.2, 0) is 6.42 Å². The Labute approximate surface area is 160 Å². The summed E-state index contributed by atoms with van der Waals surface area (Å²) in [7, 11) is 0. The molecule has 2 heteroatoms. The van der Waals surface area contributed by atoms with Crippen molar-refractivity contribution in [3.63, 3.8) is 0 Å². The number of nitrogens with zero attached hydrogens (tertiary/aromatic N) is 1. The fourth-order valence-corrected chi connectivity index (χ4v) is 2.95. The third-order valence-electron chi connectivity index (χ3n) is 4.52. The van der Waals surface area contributed by atoms with Gasteiger partial charge in [0.2, 0.25) is 0 Å². The van der Waals surface area contributed by atoms with E-state index in [0.29, 0.717) is 5.56 Å². The quantitative estimate of drug-likeness (QED) is 0.244. The van der Waals surface area contributed by atoms with Crippen molar-refractivity contribution in [2.45, 2.75) is 26.2 Å². The summed E-state index contributed by atoms with van der Waals surface area (Å²) in [5.74, 6) is -0.195. The Bertz CT molecular complexity index is 922. The first-order valence-corrected chi connectivity index (χ1v) is 9.26. The van der Waals surface area contributed by atoms with Crippen LogP contribution in [0.2, 0.25) is 0 Å². The van der Waals surface area contributed by atoms with Crippen molar-refractivity contribution in [1.29, 1.82) is 0 Å². The summed E-state index contributed by atoms with van der Waals surface area (Å²) in [6, 6.07) is 21.4. The Balaban J connectivity index is 1.66. The van der Waals surface area contributed by atoms with Crippen LogP contribution in [0.5, 0.6) is 0 Å². The average Bonchev–Trinajstić information content (AvgIpc) is 2.68. The topological polar surface area (TPSA) is 12.4 Å². The van der Waals surface area contributed by atoms with Gasteiger partial charge in [0.15, 0.2) is 0 Å². The second-order valence-corrected chi connectivity index (χ2v) is 6.71. The van der Waals surface area contributed by atoms with Crippen LogP contribution in [0.4, 0.5) is 10.1 Å². The van der Waals surface area contributed by atoms with Gasteiger partial charge in [-0.2, -0.15) is 0 Å². The lowest BCUT2D eigenvalue weighted by Crippen LogP contribution is -1.87. The molecule has 0 N–H and O–H groups in total. The van der Waals surface area contributed by atoms with Crippen molar-refractivity contribution in [2.24, 2.45) is 4.99 Å². The van der Waals surface area contributed by atoms with E-state index in [-0.39, 0.29) is 5.82 Å². The normalized spacial score (nSPS) is 11.0. The lowest BCUT2D eigenvalue weighted by Gasteiger charge is -2.05. The number of halogens is 1. The van der Waals surface area contributed by atoms with Gasteiger partial charge in [-0.15, -0.1) is 6.58 Å². The minimum Gasteiger partial charge on any atom is -0.256 e. The summed E-state index contributed by atoms with van der Waals surface area (Å²) >= 11 is 0. The van der Waals surface area contributed by atoms with Crippen molar-refractivity contribution in [2.75, 3.05) is 0 Å². The Morgan fingerprint density at radius 2 is 1.70 bits per heavy atom. The first-order valence-electron chi connectivity index (χ1n) is 9.26. The zero-order chi connectivity index (χ0) is 19.1. The molecule has 3 aromatic carbocycles. The lowest BCUT2D eigenvalue weighted by atomic mass is 10.0.